The Hall–Kier alpha value is -2.49. The molecule has 3 rings (SSSR count). The van der Waals surface area contributed by atoms with Gasteiger partial charge in [-0.2, -0.15) is 0 Å². The van der Waals surface area contributed by atoms with Crippen LogP contribution in [0.1, 0.15) is 64.4 Å². The van der Waals surface area contributed by atoms with Gasteiger partial charge in [-0.15, -0.1) is 0 Å². The van der Waals surface area contributed by atoms with E-state index in [0.29, 0.717) is 40.1 Å². The minimum atomic E-state index is -3.66. The van der Waals surface area contributed by atoms with E-state index in [1.165, 1.54) is 9.21 Å². The number of benzene rings is 2. The Morgan fingerprint density at radius 2 is 1.70 bits per heavy atom. The molecule has 0 unspecified atom stereocenters. The van der Waals surface area contributed by atoms with Crippen molar-refractivity contribution in [2.45, 2.75) is 77.4 Å². The second-order valence-corrected chi connectivity index (χ2v) is 12.7. The number of amides is 2. The van der Waals surface area contributed by atoms with Gasteiger partial charge in [-0.3, -0.25) is 13.9 Å². The zero-order valence-corrected chi connectivity index (χ0v) is 25.7. The molecule has 40 heavy (non-hydrogen) atoms. The normalized spacial score (nSPS) is 14.5. The summed E-state index contributed by atoms with van der Waals surface area (Å²) in [6.45, 7) is 4.21. The zero-order valence-electron chi connectivity index (χ0n) is 23.4. The molecule has 0 bridgehead atoms. The van der Waals surface area contributed by atoms with Crippen LogP contribution in [0.15, 0.2) is 42.5 Å². The molecular weight excluding hydrogens is 573 g/mol. The molecule has 1 aliphatic carbocycles. The average Bonchev–Trinajstić information content (AvgIpc) is 3.41. The van der Waals surface area contributed by atoms with E-state index in [4.69, 9.17) is 27.9 Å². The van der Waals surface area contributed by atoms with Crippen LogP contribution in [0, 0.1) is 0 Å². The van der Waals surface area contributed by atoms with Crippen LogP contribution >= 0.6 is 23.2 Å². The van der Waals surface area contributed by atoms with Crippen LogP contribution in [0.3, 0.4) is 0 Å². The molecule has 1 saturated carbocycles. The number of para-hydroxylation sites is 2. The molecule has 8 nitrogen and oxygen atoms in total. The summed E-state index contributed by atoms with van der Waals surface area (Å²) in [4.78, 5) is 28.6. The lowest BCUT2D eigenvalue weighted by Gasteiger charge is -2.32. The molecule has 0 saturated heterocycles. The number of carbonyl (C=O) groups is 2. The molecule has 1 N–H and O–H groups in total. The summed E-state index contributed by atoms with van der Waals surface area (Å²) in [5.74, 6) is -0.0309. The third-order valence-corrected chi connectivity index (χ3v) is 8.95. The van der Waals surface area contributed by atoms with E-state index in [1.807, 2.05) is 13.8 Å². The van der Waals surface area contributed by atoms with Crippen LogP contribution in [0.4, 0.5) is 5.69 Å². The highest BCUT2D eigenvalue weighted by atomic mass is 35.5. The Bertz CT molecular complexity index is 1250. The number of ether oxygens (including phenoxy) is 1. The van der Waals surface area contributed by atoms with E-state index in [-0.39, 0.29) is 43.8 Å². The number of sulfonamides is 1. The summed E-state index contributed by atoms with van der Waals surface area (Å²) < 4.78 is 32.3. The highest BCUT2D eigenvalue weighted by Crippen LogP contribution is 2.31. The van der Waals surface area contributed by atoms with Crippen molar-refractivity contribution in [3.63, 3.8) is 0 Å². The van der Waals surface area contributed by atoms with Crippen molar-refractivity contribution in [3.05, 3.63) is 58.1 Å². The molecule has 0 aliphatic heterocycles. The molecule has 0 aromatic heterocycles. The SMILES string of the molecule is CCOc1ccccc1N(CCCC(=O)N(Cc1c(Cl)cccc1Cl)[C@H](CC)C(=O)NC1CCCC1)S(C)(=O)=O. The number of nitrogens with zero attached hydrogens (tertiary/aromatic N) is 2. The molecule has 0 heterocycles. The van der Waals surface area contributed by atoms with Crippen molar-refractivity contribution in [3.8, 4) is 5.75 Å². The summed E-state index contributed by atoms with van der Waals surface area (Å²) in [6, 6.07) is 11.4. The number of anilines is 1. The van der Waals surface area contributed by atoms with E-state index in [9.17, 15) is 18.0 Å². The predicted octanol–water partition coefficient (Wildman–Crippen LogP) is 5.80. The maximum absolute atomic E-state index is 13.7. The summed E-state index contributed by atoms with van der Waals surface area (Å²) in [7, 11) is -3.66. The van der Waals surface area contributed by atoms with Crippen molar-refractivity contribution < 1.29 is 22.7 Å². The van der Waals surface area contributed by atoms with Crippen molar-refractivity contribution in [1.82, 2.24) is 10.2 Å². The van der Waals surface area contributed by atoms with Gasteiger partial charge in [0.1, 0.15) is 11.8 Å². The number of rotatable bonds is 14. The summed E-state index contributed by atoms with van der Waals surface area (Å²) in [5, 5.41) is 3.93. The molecule has 1 fully saturated rings. The van der Waals surface area contributed by atoms with Crippen LogP contribution in [0.25, 0.3) is 0 Å². The Kier molecular flexibility index (Phi) is 12.0. The van der Waals surface area contributed by atoms with E-state index in [1.54, 1.807) is 42.5 Å². The lowest BCUT2D eigenvalue weighted by Crippen LogP contribution is -2.51. The fourth-order valence-corrected chi connectivity index (χ4v) is 6.55. The van der Waals surface area contributed by atoms with E-state index in [2.05, 4.69) is 5.32 Å². The largest absolute Gasteiger partial charge is 0.492 e. The van der Waals surface area contributed by atoms with Gasteiger partial charge < -0.3 is 15.0 Å². The lowest BCUT2D eigenvalue weighted by molar-refractivity contribution is -0.141. The number of nitrogens with one attached hydrogen (secondary N) is 1. The van der Waals surface area contributed by atoms with Crippen LogP contribution < -0.4 is 14.4 Å². The molecule has 2 aromatic rings. The van der Waals surface area contributed by atoms with Crippen molar-refractivity contribution in [1.29, 1.82) is 0 Å². The predicted molar refractivity (Wildman–Crippen MR) is 161 cm³/mol. The van der Waals surface area contributed by atoms with Crippen LogP contribution in [-0.4, -0.2) is 56.6 Å². The first-order valence-corrected chi connectivity index (χ1v) is 16.4. The maximum atomic E-state index is 13.7. The van der Waals surface area contributed by atoms with Crippen molar-refractivity contribution >= 4 is 50.7 Å². The van der Waals surface area contributed by atoms with Crippen molar-refractivity contribution in [2.75, 3.05) is 23.7 Å². The van der Waals surface area contributed by atoms with Gasteiger partial charge in [0.15, 0.2) is 0 Å². The monoisotopic (exact) mass is 611 g/mol. The Morgan fingerprint density at radius 1 is 1.05 bits per heavy atom. The highest BCUT2D eigenvalue weighted by Gasteiger charge is 2.31. The van der Waals surface area contributed by atoms with Gasteiger partial charge in [-0.1, -0.05) is 61.2 Å². The second-order valence-electron chi connectivity index (χ2n) is 9.98. The number of carbonyl (C=O) groups excluding carboxylic acids is 2. The van der Waals surface area contributed by atoms with Gasteiger partial charge in [-0.05, 0) is 56.9 Å². The highest BCUT2D eigenvalue weighted by molar-refractivity contribution is 7.92. The molecule has 2 aromatic carbocycles. The quantitative estimate of drug-likeness (QED) is 0.291. The summed E-state index contributed by atoms with van der Waals surface area (Å²) >= 11 is 12.9. The minimum Gasteiger partial charge on any atom is -0.492 e. The van der Waals surface area contributed by atoms with E-state index in [0.717, 1.165) is 31.9 Å². The second kappa shape index (κ2) is 14.9. The standard InChI is InChI=1S/C29H39Cl2N3O5S/c1-4-25(29(36)32-21-12-6-7-13-21)33(20-22-23(30)14-10-15-24(22)31)28(35)18-11-19-34(40(3,37)38)26-16-8-9-17-27(26)39-5-2/h8-10,14-17,21,25H,4-7,11-13,18-20H2,1-3H3,(H,32,36)/t25-/m1/s1. The molecule has 1 aliphatic rings. The molecule has 220 valence electrons. The van der Waals surface area contributed by atoms with Crippen LogP contribution in [0.2, 0.25) is 10.0 Å². The van der Waals surface area contributed by atoms with E-state index >= 15 is 0 Å². The summed E-state index contributed by atoms with van der Waals surface area (Å²) in [5.41, 5.74) is 0.982. The fraction of sp³-hybridized carbons (Fsp3) is 0.517. The summed E-state index contributed by atoms with van der Waals surface area (Å²) in [6.07, 6.45) is 5.80. The Labute approximate surface area is 248 Å². The van der Waals surface area contributed by atoms with Gasteiger partial charge in [0.2, 0.25) is 21.8 Å². The molecule has 0 spiro atoms. The lowest BCUT2D eigenvalue weighted by atomic mass is 10.1. The third kappa shape index (κ3) is 8.51. The van der Waals surface area contributed by atoms with Crippen LogP contribution in [-0.2, 0) is 26.2 Å². The smallest absolute Gasteiger partial charge is 0.243 e. The molecule has 0 radical (unpaired) electrons. The molecule has 1 atom stereocenters. The number of hydrogen-bond acceptors (Lipinski definition) is 5. The number of halogens is 2. The molecule has 11 heteroatoms. The van der Waals surface area contributed by atoms with Gasteiger partial charge in [0.25, 0.3) is 0 Å². The van der Waals surface area contributed by atoms with Gasteiger partial charge >= 0.3 is 0 Å². The zero-order chi connectivity index (χ0) is 29.3. The minimum absolute atomic E-state index is 0.0259. The molecular formula is C29H39Cl2N3O5S. The van der Waals surface area contributed by atoms with Crippen molar-refractivity contribution in [2.24, 2.45) is 0 Å². The number of hydrogen-bond donors (Lipinski definition) is 1. The first-order chi connectivity index (χ1) is 19.1. The molecule has 2 amide bonds. The van der Waals surface area contributed by atoms with Crippen LogP contribution in [0.5, 0.6) is 5.75 Å². The average molecular weight is 613 g/mol. The van der Waals surface area contributed by atoms with Gasteiger partial charge in [0.05, 0.1) is 18.6 Å². The third-order valence-electron chi connectivity index (χ3n) is 7.06. The first-order valence-electron chi connectivity index (χ1n) is 13.8. The van der Waals surface area contributed by atoms with Gasteiger partial charge in [-0.25, -0.2) is 8.42 Å². The first kappa shape index (κ1) is 32.0. The fourth-order valence-electron chi connectivity index (χ4n) is 5.06. The maximum Gasteiger partial charge on any atom is 0.243 e. The Morgan fingerprint density at radius 3 is 2.30 bits per heavy atom. The Balaban J connectivity index is 1.82. The topological polar surface area (TPSA) is 96.0 Å². The van der Waals surface area contributed by atoms with Gasteiger partial charge in [0, 0.05) is 41.2 Å². The van der Waals surface area contributed by atoms with E-state index < -0.39 is 16.1 Å².